The third kappa shape index (κ3) is 4.24. The van der Waals surface area contributed by atoms with Crippen LogP contribution >= 0.6 is 11.8 Å². The summed E-state index contributed by atoms with van der Waals surface area (Å²) in [6.07, 6.45) is 7.68. The molecule has 1 aromatic carbocycles. The fourth-order valence-electron chi connectivity index (χ4n) is 2.94. The van der Waals surface area contributed by atoms with E-state index in [2.05, 4.69) is 40.7 Å². The first-order valence-electron chi connectivity index (χ1n) is 7.92. The lowest BCUT2D eigenvalue weighted by molar-refractivity contribution is 0.190. The summed E-state index contributed by atoms with van der Waals surface area (Å²) in [5, 5.41) is 3.75. The summed E-state index contributed by atoms with van der Waals surface area (Å²) in [5.74, 6) is 1.00. The topological polar surface area (TPSA) is 15.3 Å². The summed E-state index contributed by atoms with van der Waals surface area (Å²) in [5.41, 5.74) is 1.45. The van der Waals surface area contributed by atoms with E-state index in [1.807, 2.05) is 11.8 Å². The summed E-state index contributed by atoms with van der Waals surface area (Å²) in [4.78, 5) is 3.96. The Labute approximate surface area is 127 Å². The van der Waals surface area contributed by atoms with Gasteiger partial charge in [0.1, 0.15) is 0 Å². The molecule has 2 nitrogen and oxygen atoms in total. The molecule has 1 aliphatic heterocycles. The van der Waals surface area contributed by atoms with Gasteiger partial charge in [0.15, 0.2) is 0 Å². The lowest BCUT2D eigenvalue weighted by atomic mass is 10.0. The summed E-state index contributed by atoms with van der Waals surface area (Å²) in [6.45, 7) is 4.87. The van der Waals surface area contributed by atoms with Crippen molar-refractivity contribution in [2.24, 2.45) is 5.92 Å². The van der Waals surface area contributed by atoms with Crippen molar-refractivity contribution < 1.29 is 0 Å². The second-order valence-electron chi connectivity index (χ2n) is 6.25. The standard InChI is InChI=1S/C17H26N2S/c1-20-17-6-4-15(5-7-17)13-19-10-8-16(9-11-19)18-12-14-2-3-14/h4-7,14,16,18H,2-3,8-13H2,1H3. The van der Waals surface area contributed by atoms with Gasteiger partial charge in [-0.1, -0.05) is 12.1 Å². The number of nitrogens with one attached hydrogen (secondary N) is 1. The average Bonchev–Trinajstić information content (AvgIpc) is 3.32. The van der Waals surface area contributed by atoms with Gasteiger partial charge >= 0.3 is 0 Å². The Morgan fingerprint density at radius 2 is 1.80 bits per heavy atom. The normalized spacial score (nSPS) is 21.2. The summed E-state index contributed by atoms with van der Waals surface area (Å²) in [6, 6.07) is 9.81. The Morgan fingerprint density at radius 1 is 1.10 bits per heavy atom. The minimum Gasteiger partial charge on any atom is -0.314 e. The number of rotatable bonds is 6. The van der Waals surface area contributed by atoms with Crippen molar-refractivity contribution in [3.8, 4) is 0 Å². The highest BCUT2D eigenvalue weighted by atomic mass is 32.2. The highest BCUT2D eigenvalue weighted by molar-refractivity contribution is 7.98. The molecule has 0 spiro atoms. The van der Waals surface area contributed by atoms with E-state index in [4.69, 9.17) is 0 Å². The Hall–Kier alpha value is -0.510. The predicted octanol–water partition coefficient (Wildman–Crippen LogP) is 3.37. The van der Waals surface area contributed by atoms with Crippen LogP contribution in [0, 0.1) is 5.92 Å². The zero-order valence-electron chi connectivity index (χ0n) is 12.5. The first-order chi connectivity index (χ1) is 9.83. The zero-order valence-corrected chi connectivity index (χ0v) is 13.3. The number of hydrogen-bond acceptors (Lipinski definition) is 3. The molecule has 3 rings (SSSR count). The number of piperidine rings is 1. The summed E-state index contributed by atoms with van der Waals surface area (Å²) in [7, 11) is 0. The maximum atomic E-state index is 3.75. The van der Waals surface area contributed by atoms with Crippen LogP contribution in [-0.4, -0.2) is 36.8 Å². The Bertz CT molecular complexity index is 406. The van der Waals surface area contributed by atoms with E-state index in [1.165, 1.54) is 55.8 Å². The van der Waals surface area contributed by atoms with Gasteiger partial charge in [0, 0.05) is 17.5 Å². The number of nitrogens with zero attached hydrogens (tertiary/aromatic N) is 1. The van der Waals surface area contributed by atoms with Gasteiger partial charge in [-0.15, -0.1) is 11.8 Å². The third-order valence-electron chi connectivity index (χ3n) is 4.54. The number of likely N-dealkylation sites (tertiary alicyclic amines) is 1. The molecule has 0 unspecified atom stereocenters. The molecule has 1 aliphatic carbocycles. The number of benzene rings is 1. The maximum Gasteiger partial charge on any atom is 0.0233 e. The van der Waals surface area contributed by atoms with E-state index < -0.39 is 0 Å². The quantitative estimate of drug-likeness (QED) is 0.809. The van der Waals surface area contributed by atoms with E-state index in [0.29, 0.717) is 0 Å². The van der Waals surface area contributed by atoms with E-state index in [9.17, 15) is 0 Å². The van der Waals surface area contributed by atoms with E-state index in [0.717, 1.165) is 18.5 Å². The van der Waals surface area contributed by atoms with Crippen molar-refractivity contribution in [2.45, 2.75) is 43.2 Å². The van der Waals surface area contributed by atoms with Crippen molar-refractivity contribution in [1.82, 2.24) is 10.2 Å². The van der Waals surface area contributed by atoms with Crippen LogP contribution in [0.5, 0.6) is 0 Å². The molecule has 0 atom stereocenters. The van der Waals surface area contributed by atoms with Crippen LogP contribution in [0.3, 0.4) is 0 Å². The van der Waals surface area contributed by atoms with Gasteiger partial charge in [-0.3, -0.25) is 4.90 Å². The van der Waals surface area contributed by atoms with Crippen LogP contribution in [0.25, 0.3) is 0 Å². The van der Waals surface area contributed by atoms with Crippen molar-refractivity contribution in [2.75, 3.05) is 25.9 Å². The maximum absolute atomic E-state index is 3.75. The van der Waals surface area contributed by atoms with Crippen molar-refractivity contribution in [1.29, 1.82) is 0 Å². The molecule has 0 bridgehead atoms. The van der Waals surface area contributed by atoms with Gasteiger partial charge in [0.05, 0.1) is 0 Å². The molecule has 1 saturated carbocycles. The SMILES string of the molecule is CSc1ccc(CN2CCC(NCC3CC3)CC2)cc1. The minimum atomic E-state index is 0.769. The lowest BCUT2D eigenvalue weighted by Gasteiger charge is -2.32. The molecular weight excluding hydrogens is 264 g/mol. The third-order valence-corrected chi connectivity index (χ3v) is 5.29. The number of thioether (sulfide) groups is 1. The molecule has 0 radical (unpaired) electrons. The molecule has 2 aliphatic rings. The highest BCUT2D eigenvalue weighted by Gasteiger charge is 2.24. The Kier molecular flexibility index (Phi) is 5.03. The second kappa shape index (κ2) is 6.97. The molecule has 2 fully saturated rings. The van der Waals surface area contributed by atoms with Gasteiger partial charge in [-0.2, -0.15) is 0 Å². The van der Waals surface area contributed by atoms with E-state index >= 15 is 0 Å². The van der Waals surface area contributed by atoms with E-state index in [1.54, 1.807) is 0 Å². The second-order valence-corrected chi connectivity index (χ2v) is 7.13. The molecule has 1 aromatic rings. The van der Waals surface area contributed by atoms with Crippen molar-refractivity contribution >= 4 is 11.8 Å². The van der Waals surface area contributed by atoms with Crippen LogP contribution in [0.2, 0.25) is 0 Å². The highest BCUT2D eigenvalue weighted by Crippen LogP contribution is 2.28. The molecule has 1 heterocycles. The summed E-state index contributed by atoms with van der Waals surface area (Å²) >= 11 is 1.81. The first-order valence-corrected chi connectivity index (χ1v) is 9.14. The van der Waals surface area contributed by atoms with Gasteiger partial charge < -0.3 is 5.32 Å². The molecule has 20 heavy (non-hydrogen) atoms. The predicted molar refractivity (Wildman–Crippen MR) is 87.2 cm³/mol. The van der Waals surface area contributed by atoms with Crippen LogP contribution in [0.4, 0.5) is 0 Å². The average molecular weight is 290 g/mol. The van der Waals surface area contributed by atoms with Gasteiger partial charge in [0.25, 0.3) is 0 Å². The molecule has 1 N–H and O–H groups in total. The molecule has 0 amide bonds. The molecule has 1 saturated heterocycles. The van der Waals surface area contributed by atoms with Gasteiger partial charge in [-0.25, -0.2) is 0 Å². The van der Waals surface area contributed by atoms with Crippen LogP contribution in [0.15, 0.2) is 29.2 Å². The fraction of sp³-hybridized carbons (Fsp3) is 0.647. The van der Waals surface area contributed by atoms with Crippen LogP contribution < -0.4 is 5.32 Å². The zero-order chi connectivity index (χ0) is 13.8. The first kappa shape index (κ1) is 14.4. The van der Waals surface area contributed by atoms with Crippen molar-refractivity contribution in [3.63, 3.8) is 0 Å². The monoisotopic (exact) mass is 290 g/mol. The minimum absolute atomic E-state index is 0.769. The molecule has 0 aromatic heterocycles. The van der Waals surface area contributed by atoms with Crippen LogP contribution in [-0.2, 0) is 6.54 Å². The fourth-order valence-corrected chi connectivity index (χ4v) is 3.35. The Balaban J connectivity index is 1.40. The van der Waals surface area contributed by atoms with Gasteiger partial charge in [-0.05, 0) is 75.2 Å². The lowest BCUT2D eigenvalue weighted by Crippen LogP contribution is -2.42. The van der Waals surface area contributed by atoms with Crippen molar-refractivity contribution in [3.05, 3.63) is 29.8 Å². The molecule has 110 valence electrons. The van der Waals surface area contributed by atoms with Crippen LogP contribution in [0.1, 0.15) is 31.2 Å². The largest absolute Gasteiger partial charge is 0.314 e. The molecule has 3 heteroatoms. The Morgan fingerprint density at radius 3 is 2.40 bits per heavy atom. The summed E-state index contributed by atoms with van der Waals surface area (Å²) < 4.78 is 0. The smallest absolute Gasteiger partial charge is 0.0233 e. The van der Waals surface area contributed by atoms with Gasteiger partial charge in [0.2, 0.25) is 0 Å². The van der Waals surface area contributed by atoms with E-state index in [-0.39, 0.29) is 0 Å². The molecular formula is C17H26N2S. The number of hydrogen-bond donors (Lipinski definition) is 1.